The topological polar surface area (TPSA) is 12.5 Å². The van der Waals surface area contributed by atoms with E-state index in [1.54, 1.807) is 12.1 Å². The van der Waals surface area contributed by atoms with Gasteiger partial charge in [0, 0.05) is 17.7 Å². The van der Waals surface area contributed by atoms with Crippen LogP contribution in [-0.2, 0) is 12.7 Å². The number of rotatable bonds is 6. The average molecular weight is 486 g/mol. The molecule has 0 bridgehead atoms. The molecular weight excluding hydrogens is 459 g/mol. The molecule has 0 radical (unpaired) electrons. The third-order valence-electron chi connectivity index (χ3n) is 6.16. The predicted octanol–water partition coefficient (Wildman–Crippen LogP) is 8.19. The van der Waals surface area contributed by atoms with E-state index in [0.717, 1.165) is 37.1 Å². The molecule has 1 aliphatic rings. The summed E-state index contributed by atoms with van der Waals surface area (Å²) < 4.78 is 47.6. The van der Waals surface area contributed by atoms with E-state index in [1.165, 1.54) is 31.7 Å². The van der Waals surface area contributed by atoms with Crippen LogP contribution in [0.4, 0.5) is 13.2 Å². The summed E-state index contributed by atoms with van der Waals surface area (Å²) in [6, 6.07) is 17.9. The third kappa shape index (κ3) is 5.65. The van der Waals surface area contributed by atoms with E-state index in [9.17, 15) is 13.2 Å². The highest BCUT2D eigenvalue weighted by molar-refractivity contribution is 6.35. The molecular formula is C28H27ClF3NO. The molecule has 6 heteroatoms. The van der Waals surface area contributed by atoms with Crippen LogP contribution in [0.3, 0.4) is 0 Å². The second-order valence-corrected chi connectivity index (χ2v) is 8.87. The van der Waals surface area contributed by atoms with Gasteiger partial charge < -0.3 is 4.74 Å². The molecule has 0 N–H and O–H groups in total. The number of likely N-dealkylation sites (tertiary alicyclic amines) is 1. The Bertz CT molecular complexity index is 1150. The zero-order chi connectivity index (χ0) is 24.1. The van der Waals surface area contributed by atoms with Crippen molar-refractivity contribution in [3.8, 4) is 16.9 Å². The Labute approximate surface area is 203 Å². The molecule has 1 heterocycles. The monoisotopic (exact) mass is 485 g/mol. The summed E-state index contributed by atoms with van der Waals surface area (Å²) in [4.78, 5) is 2.19. The van der Waals surface area contributed by atoms with E-state index >= 15 is 0 Å². The number of piperidine rings is 1. The van der Waals surface area contributed by atoms with Crippen molar-refractivity contribution in [1.29, 1.82) is 0 Å². The molecule has 3 aromatic carbocycles. The molecule has 0 saturated carbocycles. The van der Waals surface area contributed by atoms with Crippen LogP contribution >= 0.6 is 11.6 Å². The SMILES string of the molecule is COc1cc(/C=C/c2cccc(-c3ccccc3)c2Cl)c(C(F)(F)F)cc1CN1CCCCC1. The van der Waals surface area contributed by atoms with Gasteiger partial charge in [-0.2, -0.15) is 13.2 Å². The van der Waals surface area contributed by atoms with Gasteiger partial charge in [0.25, 0.3) is 0 Å². The van der Waals surface area contributed by atoms with Gasteiger partial charge >= 0.3 is 6.18 Å². The fourth-order valence-corrected chi connectivity index (χ4v) is 4.69. The van der Waals surface area contributed by atoms with Gasteiger partial charge in [-0.05, 0) is 54.8 Å². The van der Waals surface area contributed by atoms with E-state index in [4.69, 9.17) is 16.3 Å². The zero-order valence-corrected chi connectivity index (χ0v) is 19.8. The lowest BCUT2D eigenvalue weighted by molar-refractivity contribution is -0.137. The van der Waals surface area contributed by atoms with Crippen molar-refractivity contribution in [2.45, 2.75) is 32.0 Å². The normalized spacial score (nSPS) is 15.1. The molecule has 1 fully saturated rings. The molecule has 0 atom stereocenters. The smallest absolute Gasteiger partial charge is 0.417 e. The predicted molar refractivity (Wildman–Crippen MR) is 133 cm³/mol. The summed E-state index contributed by atoms with van der Waals surface area (Å²) in [6.07, 6.45) is 1.91. The molecule has 0 aromatic heterocycles. The first-order chi connectivity index (χ1) is 16.4. The van der Waals surface area contributed by atoms with Crippen LogP contribution in [-0.4, -0.2) is 25.1 Å². The summed E-state index contributed by atoms with van der Waals surface area (Å²) in [6.45, 7) is 2.23. The Balaban J connectivity index is 1.70. The summed E-state index contributed by atoms with van der Waals surface area (Å²) in [5, 5.41) is 0.493. The largest absolute Gasteiger partial charge is 0.496 e. The second kappa shape index (κ2) is 10.7. The quantitative estimate of drug-likeness (QED) is 0.326. The lowest BCUT2D eigenvalue weighted by Gasteiger charge is -2.27. The van der Waals surface area contributed by atoms with Crippen molar-refractivity contribution < 1.29 is 17.9 Å². The molecule has 1 aliphatic heterocycles. The fraction of sp³-hybridized carbons (Fsp3) is 0.286. The molecule has 1 saturated heterocycles. The molecule has 178 valence electrons. The number of alkyl halides is 3. The minimum Gasteiger partial charge on any atom is -0.496 e. The van der Waals surface area contributed by atoms with Crippen LogP contribution < -0.4 is 4.74 Å². The van der Waals surface area contributed by atoms with E-state index < -0.39 is 11.7 Å². The van der Waals surface area contributed by atoms with Crippen molar-refractivity contribution in [2.24, 2.45) is 0 Å². The maximum atomic E-state index is 14.0. The number of nitrogens with zero attached hydrogens (tertiary/aromatic N) is 1. The molecule has 0 aliphatic carbocycles. The molecule has 4 rings (SSSR count). The van der Waals surface area contributed by atoms with Crippen LogP contribution in [0.15, 0.2) is 60.7 Å². The standard InChI is InChI=1S/C28H27ClF3NO/c1-34-26-18-22(25(28(30,31)32)17-23(26)19-33-15-6-3-7-16-33)14-13-21-11-8-12-24(27(21)29)20-9-4-2-5-10-20/h2,4-5,8-14,17-18H,3,6-7,15-16,19H2,1H3/b14-13+. The van der Waals surface area contributed by atoms with Crippen molar-refractivity contribution in [3.63, 3.8) is 0 Å². The molecule has 34 heavy (non-hydrogen) atoms. The van der Waals surface area contributed by atoms with Crippen molar-refractivity contribution >= 4 is 23.8 Å². The average Bonchev–Trinajstić information content (AvgIpc) is 2.84. The molecule has 2 nitrogen and oxygen atoms in total. The lowest BCUT2D eigenvalue weighted by atomic mass is 9.99. The highest BCUT2D eigenvalue weighted by atomic mass is 35.5. The number of hydrogen-bond donors (Lipinski definition) is 0. The fourth-order valence-electron chi connectivity index (χ4n) is 4.39. The van der Waals surface area contributed by atoms with Crippen molar-refractivity contribution in [1.82, 2.24) is 4.90 Å². The van der Waals surface area contributed by atoms with Gasteiger partial charge in [0.1, 0.15) is 5.75 Å². The van der Waals surface area contributed by atoms with Crippen molar-refractivity contribution in [2.75, 3.05) is 20.2 Å². The van der Waals surface area contributed by atoms with E-state index in [-0.39, 0.29) is 5.56 Å². The van der Waals surface area contributed by atoms with Crippen LogP contribution in [0.5, 0.6) is 5.75 Å². The number of halogens is 4. The Morgan fingerprint density at radius 2 is 1.62 bits per heavy atom. The van der Waals surface area contributed by atoms with Gasteiger partial charge in [-0.1, -0.05) is 78.7 Å². The number of hydrogen-bond acceptors (Lipinski definition) is 2. The number of benzene rings is 3. The summed E-state index contributed by atoms with van der Waals surface area (Å²) in [5.74, 6) is 0.461. The van der Waals surface area contributed by atoms with Crippen LogP contribution in [0, 0.1) is 0 Å². The van der Waals surface area contributed by atoms with Crippen LogP contribution in [0.1, 0.15) is 41.5 Å². The van der Waals surface area contributed by atoms with Gasteiger partial charge in [0.15, 0.2) is 0 Å². The summed E-state index contributed by atoms with van der Waals surface area (Å²) in [7, 11) is 1.50. The van der Waals surface area contributed by atoms with Crippen LogP contribution in [0.25, 0.3) is 23.3 Å². The minimum atomic E-state index is -4.49. The first kappa shape index (κ1) is 24.4. The van der Waals surface area contributed by atoms with Crippen LogP contribution in [0.2, 0.25) is 5.02 Å². The van der Waals surface area contributed by atoms with Gasteiger partial charge in [-0.15, -0.1) is 0 Å². The maximum absolute atomic E-state index is 14.0. The lowest BCUT2D eigenvalue weighted by Crippen LogP contribution is -2.29. The summed E-state index contributed by atoms with van der Waals surface area (Å²) in [5.41, 5.74) is 2.35. The van der Waals surface area contributed by atoms with Gasteiger partial charge in [-0.25, -0.2) is 0 Å². The van der Waals surface area contributed by atoms with Gasteiger partial charge in [0.05, 0.1) is 17.7 Å². The number of methoxy groups -OCH3 is 1. The van der Waals surface area contributed by atoms with Gasteiger partial charge in [-0.3, -0.25) is 4.90 Å². The third-order valence-corrected chi connectivity index (χ3v) is 6.58. The second-order valence-electron chi connectivity index (χ2n) is 8.49. The first-order valence-electron chi connectivity index (χ1n) is 11.4. The molecule has 3 aromatic rings. The Morgan fingerprint density at radius 1 is 0.912 bits per heavy atom. The summed E-state index contributed by atoms with van der Waals surface area (Å²) >= 11 is 6.63. The highest BCUT2D eigenvalue weighted by Crippen LogP contribution is 2.38. The highest BCUT2D eigenvalue weighted by Gasteiger charge is 2.34. The Kier molecular flexibility index (Phi) is 7.64. The molecule has 0 unspecified atom stereocenters. The molecule has 0 spiro atoms. The van der Waals surface area contributed by atoms with E-state index in [1.807, 2.05) is 42.5 Å². The maximum Gasteiger partial charge on any atom is 0.417 e. The van der Waals surface area contributed by atoms with E-state index in [0.29, 0.717) is 28.4 Å². The van der Waals surface area contributed by atoms with Crippen molar-refractivity contribution in [3.05, 3.63) is 87.9 Å². The van der Waals surface area contributed by atoms with Gasteiger partial charge in [0.2, 0.25) is 0 Å². The molecule has 0 amide bonds. The Morgan fingerprint density at radius 3 is 2.29 bits per heavy atom. The Hall–Kier alpha value is -2.76. The first-order valence-corrected chi connectivity index (χ1v) is 11.8. The van der Waals surface area contributed by atoms with E-state index in [2.05, 4.69) is 4.90 Å². The number of ether oxygens (including phenoxy) is 1. The minimum absolute atomic E-state index is 0.0490. The zero-order valence-electron chi connectivity index (χ0n) is 19.0.